The maximum Gasteiger partial charge on any atom is 0.261 e. The summed E-state index contributed by atoms with van der Waals surface area (Å²) in [4.78, 5) is 14.0. The Balaban J connectivity index is 1.88. The second kappa shape index (κ2) is 7.14. The molecule has 0 aliphatic carbocycles. The van der Waals surface area contributed by atoms with Gasteiger partial charge in [-0.1, -0.05) is 18.2 Å². The number of nitrogens with zero attached hydrogens (tertiary/aromatic N) is 1. The molecule has 0 spiro atoms. The van der Waals surface area contributed by atoms with Crippen LogP contribution < -0.4 is 14.4 Å². The number of anilines is 2. The van der Waals surface area contributed by atoms with E-state index in [1.54, 1.807) is 41.3 Å². The van der Waals surface area contributed by atoms with Gasteiger partial charge in [0.05, 0.1) is 23.4 Å². The third-order valence-electron chi connectivity index (χ3n) is 4.10. The van der Waals surface area contributed by atoms with Gasteiger partial charge in [0, 0.05) is 19.0 Å². The first-order chi connectivity index (χ1) is 12.0. The lowest BCUT2D eigenvalue weighted by molar-refractivity contribution is -0.119. The van der Waals surface area contributed by atoms with Crippen molar-refractivity contribution in [2.75, 3.05) is 23.3 Å². The fraction of sp³-hybridized carbons (Fsp3) is 0.278. The van der Waals surface area contributed by atoms with Crippen molar-refractivity contribution in [2.45, 2.75) is 24.2 Å². The molecule has 7 heteroatoms. The van der Waals surface area contributed by atoms with Gasteiger partial charge < -0.3 is 9.64 Å². The van der Waals surface area contributed by atoms with Crippen molar-refractivity contribution in [3.63, 3.8) is 0 Å². The van der Waals surface area contributed by atoms with E-state index in [1.807, 2.05) is 0 Å². The van der Waals surface area contributed by atoms with Crippen molar-refractivity contribution in [3.8, 4) is 5.75 Å². The molecule has 2 aromatic carbocycles. The summed E-state index contributed by atoms with van der Waals surface area (Å²) in [6.45, 7) is 0.643. The number of piperidine rings is 1. The SMILES string of the molecule is COc1cc(NS(=O)(=O)c2ccccc2)ccc1N1CCCCC1=O. The number of sulfonamides is 1. The Kier molecular flexibility index (Phi) is 4.94. The van der Waals surface area contributed by atoms with Crippen LogP contribution in [0, 0.1) is 0 Å². The van der Waals surface area contributed by atoms with E-state index in [-0.39, 0.29) is 10.8 Å². The van der Waals surface area contributed by atoms with E-state index in [2.05, 4.69) is 4.72 Å². The molecule has 0 saturated carbocycles. The molecule has 3 rings (SSSR count). The van der Waals surface area contributed by atoms with Crippen molar-refractivity contribution < 1.29 is 17.9 Å². The highest BCUT2D eigenvalue weighted by atomic mass is 32.2. The van der Waals surface area contributed by atoms with E-state index in [0.29, 0.717) is 30.1 Å². The summed E-state index contributed by atoms with van der Waals surface area (Å²) in [5.41, 5.74) is 1.05. The lowest BCUT2D eigenvalue weighted by Crippen LogP contribution is -2.35. The molecule has 0 radical (unpaired) electrons. The topological polar surface area (TPSA) is 75.7 Å². The van der Waals surface area contributed by atoms with Gasteiger partial charge in [-0.2, -0.15) is 0 Å². The number of carbonyl (C=O) groups excluding carboxylic acids is 1. The molecule has 1 aliphatic rings. The number of methoxy groups -OCH3 is 1. The minimum Gasteiger partial charge on any atom is -0.494 e. The van der Waals surface area contributed by atoms with Crippen molar-refractivity contribution in [1.29, 1.82) is 0 Å². The lowest BCUT2D eigenvalue weighted by Gasteiger charge is -2.28. The van der Waals surface area contributed by atoms with Crippen LogP contribution in [0.5, 0.6) is 5.75 Å². The first-order valence-corrected chi connectivity index (χ1v) is 9.56. The average Bonchev–Trinajstić information content (AvgIpc) is 2.63. The Morgan fingerprint density at radius 1 is 1.08 bits per heavy atom. The highest BCUT2D eigenvalue weighted by Gasteiger charge is 2.23. The van der Waals surface area contributed by atoms with Crippen LogP contribution >= 0.6 is 0 Å². The molecule has 1 amide bonds. The fourth-order valence-electron chi connectivity index (χ4n) is 2.84. The zero-order valence-corrected chi connectivity index (χ0v) is 14.8. The molecule has 132 valence electrons. The Hall–Kier alpha value is -2.54. The molecule has 0 atom stereocenters. The van der Waals surface area contributed by atoms with Crippen molar-refractivity contribution in [3.05, 3.63) is 48.5 Å². The largest absolute Gasteiger partial charge is 0.494 e. The van der Waals surface area contributed by atoms with Crippen LogP contribution in [0.4, 0.5) is 11.4 Å². The molecule has 0 aromatic heterocycles. The Bertz CT molecular complexity index is 866. The second-order valence-electron chi connectivity index (χ2n) is 5.81. The first-order valence-electron chi connectivity index (χ1n) is 8.07. The van der Waals surface area contributed by atoms with Gasteiger partial charge in [0.2, 0.25) is 5.91 Å². The molecule has 2 aromatic rings. The summed E-state index contributed by atoms with van der Waals surface area (Å²) < 4.78 is 32.8. The van der Waals surface area contributed by atoms with E-state index in [9.17, 15) is 13.2 Å². The number of benzene rings is 2. The van der Waals surface area contributed by atoms with Crippen molar-refractivity contribution in [1.82, 2.24) is 0 Å². The molecular weight excluding hydrogens is 340 g/mol. The van der Waals surface area contributed by atoms with E-state index < -0.39 is 10.0 Å². The second-order valence-corrected chi connectivity index (χ2v) is 7.49. The number of nitrogens with one attached hydrogen (secondary N) is 1. The summed E-state index contributed by atoms with van der Waals surface area (Å²) >= 11 is 0. The fourth-order valence-corrected chi connectivity index (χ4v) is 3.91. The Morgan fingerprint density at radius 2 is 1.84 bits per heavy atom. The Labute approximate surface area is 147 Å². The summed E-state index contributed by atoms with van der Waals surface area (Å²) in [5, 5.41) is 0. The van der Waals surface area contributed by atoms with Crippen LogP contribution in [-0.4, -0.2) is 28.0 Å². The van der Waals surface area contributed by atoms with Crippen molar-refractivity contribution >= 4 is 27.3 Å². The number of amides is 1. The van der Waals surface area contributed by atoms with Crippen molar-refractivity contribution in [2.24, 2.45) is 0 Å². The predicted octanol–water partition coefficient (Wildman–Crippen LogP) is 3.01. The van der Waals surface area contributed by atoms with Crippen LogP contribution in [-0.2, 0) is 14.8 Å². The molecule has 1 saturated heterocycles. The lowest BCUT2D eigenvalue weighted by atomic mass is 10.1. The van der Waals surface area contributed by atoms with Gasteiger partial charge in [-0.3, -0.25) is 9.52 Å². The maximum absolute atomic E-state index is 12.4. The number of ether oxygens (including phenoxy) is 1. The Morgan fingerprint density at radius 3 is 2.52 bits per heavy atom. The minimum atomic E-state index is -3.67. The van der Waals surface area contributed by atoms with Gasteiger partial charge in [0.1, 0.15) is 5.75 Å². The van der Waals surface area contributed by atoms with Crippen LogP contribution in [0.15, 0.2) is 53.4 Å². The van der Waals surface area contributed by atoms with Crippen LogP contribution in [0.2, 0.25) is 0 Å². The van der Waals surface area contributed by atoms with Gasteiger partial charge in [-0.05, 0) is 37.1 Å². The molecule has 0 bridgehead atoms. The van der Waals surface area contributed by atoms with Crippen LogP contribution in [0.3, 0.4) is 0 Å². The van der Waals surface area contributed by atoms with Gasteiger partial charge in [0.25, 0.3) is 10.0 Å². The smallest absolute Gasteiger partial charge is 0.261 e. The number of carbonyl (C=O) groups is 1. The van der Waals surface area contributed by atoms with E-state index in [1.165, 1.54) is 19.2 Å². The van der Waals surface area contributed by atoms with E-state index in [0.717, 1.165) is 12.8 Å². The molecule has 25 heavy (non-hydrogen) atoms. The van der Waals surface area contributed by atoms with Crippen LogP contribution in [0.25, 0.3) is 0 Å². The first kappa shape index (κ1) is 17.3. The molecular formula is C18H20N2O4S. The highest BCUT2D eigenvalue weighted by Crippen LogP contribution is 2.34. The number of hydrogen-bond donors (Lipinski definition) is 1. The third-order valence-corrected chi connectivity index (χ3v) is 5.50. The van der Waals surface area contributed by atoms with E-state index >= 15 is 0 Å². The number of rotatable bonds is 5. The molecule has 1 aliphatic heterocycles. The summed E-state index contributed by atoms with van der Waals surface area (Å²) in [7, 11) is -2.17. The molecule has 1 N–H and O–H groups in total. The monoisotopic (exact) mass is 360 g/mol. The maximum atomic E-state index is 12.4. The average molecular weight is 360 g/mol. The van der Waals surface area contributed by atoms with Gasteiger partial charge in [-0.25, -0.2) is 8.42 Å². The quantitative estimate of drug-likeness (QED) is 0.889. The highest BCUT2D eigenvalue weighted by molar-refractivity contribution is 7.92. The zero-order chi connectivity index (χ0) is 17.9. The summed E-state index contributed by atoms with van der Waals surface area (Å²) in [6, 6.07) is 13.1. The summed E-state index contributed by atoms with van der Waals surface area (Å²) in [5.74, 6) is 0.519. The predicted molar refractivity (Wildman–Crippen MR) is 96.4 cm³/mol. The normalized spacial score (nSPS) is 15.1. The summed E-state index contributed by atoms with van der Waals surface area (Å²) in [6.07, 6.45) is 2.36. The van der Waals surface area contributed by atoms with Crippen LogP contribution in [0.1, 0.15) is 19.3 Å². The molecule has 1 fully saturated rings. The third kappa shape index (κ3) is 3.76. The standard InChI is InChI=1S/C18H20N2O4S/c1-24-17-13-14(19-25(22,23)15-7-3-2-4-8-15)10-11-16(17)20-12-6-5-9-18(20)21/h2-4,7-8,10-11,13,19H,5-6,9,12H2,1H3. The number of hydrogen-bond acceptors (Lipinski definition) is 4. The zero-order valence-electron chi connectivity index (χ0n) is 13.9. The minimum absolute atomic E-state index is 0.0576. The van der Waals surface area contributed by atoms with Gasteiger partial charge in [0.15, 0.2) is 0 Å². The molecule has 6 nitrogen and oxygen atoms in total. The molecule has 0 unspecified atom stereocenters. The van der Waals surface area contributed by atoms with Gasteiger partial charge in [-0.15, -0.1) is 0 Å². The van der Waals surface area contributed by atoms with Gasteiger partial charge >= 0.3 is 0 Å². The molecule has 1 heterocycles. The van der Waals surface area contributed by atoms with E-state index in [4.69, 9.17) is 4.74 Å².